The summed E-state index contributed by atoms with van der Waals surface area (Å²) >= 11 is 23.7. The predicted octanol–water partition coefficient (Wildman–Crippen LogP) is 7.07. The van der Waals surface area contributed by atoms with Crippen molar-refractivity contribution in [1.29, 1.82) is 0 Å². The van der Waals surface area contributed by atoms with Gasteiger partial charge in [0.05, 0.1) is 26.7 Å². The number of thiazole rings is 1. The first-order valence-corrected chi connectivity index (χ1v) is 15.8. The van der Waals surface area contributed by atoms with Gasteiger partial charge in [0.25, 0.3) is 0 Å². The molecule has 13 heteroatoms. The van der Waals surface area contributed by atoms with Gasteiger partial charge in [-0.3, -0.25) is 23.7 Å². The molecule has 1 aromatic heterocycles. The zero-order valence-electron chi connectivity index (χ0n) is 20.6. The highest BCUT2D eigenvalue weighted by Crippen LogP contribution is 2.54. The molecule has 0 radical (unpaired) electrons. The van der Waals surface area contributed by atoms with E-state index < -0.39 is 23.0 Å². The third-order valence-electron chi connectivity index (χ3n) is 6.87. The maximum Gasteiger partial charge on any atom is 0.308 e. The number of hydrogen-bond acceptors (Lipinski definition) is 6. The Morgan fingerprint density at radius 1 is 0.902 bits per heavy atom. The van der Waals surface area contributed by atoms with Crippen LogP contribution in [0.1, 0.15) is 16.4 Å². The number of hydrogen-bond donors (Lipinski definition) is 1. The number of carbonyl (C=O) groups is 3. The van der Waals surface area contributed by atoms with Crippen molar-refractivity contribution in [3.05, 3.63) is 106 Å². The van der Waals surface area contributed by atoms with Gasteiger partial charge in [-0.15, -0.1) is 0 Å². The molecule has 0 bridgehead atoms. The fraction of sp³-hybridized carbons (Fsp3) is 0.143. The average Bonchev–Trinajstić information content (AvgIpc) is 3.38. The number of nitrogens with zero attached hydrogens (tertiary/aromatic N) is 2. The Hall–Kier alpha value is -2.60. The number of amides is 3. The molecule has 3 unspecified atom stereocenters. The molecule has 1 fully saturated rings. The van der Waals surface area contributed by atoms with Crippen LogP contribution in [0.15, 0.2) is 81.0 Å². The van der Waals surface area contributed by atoms with Crippen molar-refractivity contribution in [1.82, 2.24) is 4.57 Å². The largest absolute Gasteiger partial charge is 0.324 e. The molecule has 2 aliphatic rings. The summed E-state index contributed by atoms with van der Waals surface area (Å²) in [7, 11) is 0. The van der Waals surface area contributed by atoms with E-state index in [1.54, 1.807) is 36.4 Å². The number of aromatic nitrogens is 1. The number of thioether (sulfide) groups is 1. The fourth-order valence-electron chi connectivity index (χ4n) is 5.05. The molecule has 6 rings (SSSR count). The van der Waals surface area contributed by atoms with Gasteiger partial charge in [-0.05, 0) is 60.2 Å². The number of anilines is 2. The molecular weight excluding hydrogens is 693 g/mol. The van der Waals surface area contributed by atoms with Crippen molar-refractivity contribution in [2.45, 2.75) is 22.7 Å². The molecule has 0 spiro atoms. The molecule has 4 aromatic rings. The van der Waals surface area contributed by atoms with Crippen LogP contribution in [0.5, 0.6) is 0 Å². The predicted molar refractivity (Wildman–Crippen MR) is 167 cm³/mol. The van der Waals surface area contributed by atoms with Crippen LogP contribution in [0.25, 0.3) is 0 Å². The summed E-state index contributed by atoms with van der Waals surface area (Å²) in [4.78, 5) is 55.4. The second-order valence-corrected chi connectivity index (χ2v) is 13.7. The number of imide groups is 1. The molecule has 3 heterocycles. The highest BCUT2D eigenvalue weighted by atomic mass is 79.9. The van der Waals surface area contributed by atoms with Crippen LogP contribution >= 0.6 is 73.8 Å². The van der Waals surface area contributed by atoms with Gasteiger partial charge in [0, 0.05) is 26.0 Å². The van der Waals surface area contributed by atoms with Crippen LogP contribution in [-0.4, -0.2) is 27.5 Å². The Labute approximate surface area is 265 Å². The summed E-state index contributed by atoms with van der Waals surface area (Å²) in [5, 5.41) is 3.55. The number of halogens is 4. The van der Waals surface area contributed by atoms with Crippen LogP contribution < -0.4 is 15.1 Å². The third-order valence-corrected chi connectivity index (χ3v) is 11.0. The van der Waals surface area contributed by atoms with Gasteiger partial charge in [0.2, 0.25) is 17.7 Å². The average molecular weight is 710 g/mol. The minimum absolute atomic E-state index is 0.281. The van der Waals surface area contributed by atoms with E-state index in [-0.39, 0.29) is 28.3 Å². The lowest BCUT2D eigenvalue weighted by molar-refractivity contribution is -0.122. The van der Waals surface area contributed by atoms with Crippen LogP contribution in [0.3, 0.4) is 0 Å². The molecule has 3 aromatic carbocycles. The van der Waals surface area contributed by atoms with E-state index >= 15 is 0 Å². The van der Waals surface area contributed by atoms with Gasteiger partial charge in [-0.1, -0.05) is 86.0 Å². The lowest BCUT2D eigenvalue weighted by atomic mass is 9.83. The first kappa shape index (κ1) is 28.5. The normalized spacial score (nSPS) is 19.7. The van der Waals surface area contributed by atoms with E-state index in [1.165, 1.54) is 15.5 Å². The number of nitrogens with one attached hydrogen (secondary N) is 1. The van der Waals surface area contributed by atoms with Gasteiger partial charge >= 0.3 is 4.87 Å². The number of rotatable bonds is 5. The van der Waals surface area contributed by atoms with Crippen LogP contribution in [-0.2, 0) is 20.9 Å². The summed E-state index contributed by atoms with van der Waals surface area (Å²) in [6.45, 7) is -0.286. The Bertz CT molecular complexity index is 1780. The lowest BCUT2D eigenvalue weighted by Crippen LogP contribution is -2.33. The monoisotopic (exact) mass is 707 g/mol. The summed E-state index contributed by atoms with van der Waals surface area (Å²) in [5.41, 5.74) is 1.64. The van der Waals surface area contributed by atoms with Crippen molar-refractivity contribution in [2.24, 2.45) is 5.92 Å². The molecular formula is C28H17BrCl3N3O4S2. The number of carbonyl (C=O) groups excluding carboxylic acids is 3. The Morgan fingerprint density at radius 3 is 2.29 bits per heavy atom. The van der Waals surface area contributed by atoms with Gasteiger partial charge < -0.3 is 5.32 Å². The Kier molecular flexibility index (Phi) is 7.82. The number of benzene rings is 3. The summed E-state index contributed by atoms with van der Waals surface area (Å²) in [5.74, 6) is -2.49. The van der Waals surface area contributed by atoms with E-state index in [1.807, 2.05) is 24.3 Å². The van der Waals surface area contributed by atoms with E-state index in [2.05, 4.69) is 21.2 Å². The molecule has 208 valence electrons. The van der Waals surface area contributed by atoms with E-state index in [0.29, 0.717) is 31.3 Å². The second kappa shape index (κ2) is 11.2. The quantitative estimate of drug-likeness (QED) is 0.224. The molecule has 0 saturated carbocycles. The van der Waals surface area contributed by atoms with Crippen LogP contribution in [0.4, 0.5) is 11.4 Å². The summed E-state index contributed by atoms with van der Waals surface area (Å²) < 4.78 is 2.21. The molecule has 1 saturated heterocycles. The Balaban J connectivity index is 1.40. The van der Waals surface area contributed by atoms with Gasteiger partial charge in [0.1, 0.15) is 11.8 Å². The van der Waals surface area contributed by atoms with Crippen LogP contribution in [0, 0.1) is 5.92 Å². The first-order chi connectivity index (χ1) is 19.6. The van der Waals surface area contributed by atoms with Crippen molar-refractivity contribution in [3.8, 4) is 0 Å². The number of fused-ring (bicyclic) bond motifs is 2. The molecule has 3 atom stereocenters. The third kappa shape index (κ3) is 5.26. The highest BCUT2D eigenvalue weighted by Gasteiger charge is 2.56. The van der Waals surface area contributed by atoms with Crippen LogP contribution in [0.2, 0.25) is 15.1 Å². The molecule has 7 nitrogen and oxygen atoms in total. The Morgan fingerprint density at radius 2 is 1.61 bits per heavy atom. The molecule has 1 N–H and O–H groups in total. The van der Waals surface area contributed by atoms with Gasteiger partial charge in [0.15, 0.2) is 0 Å². The fourth-order valence-corrected chi connectivity index (χ4v) is 8.51. The minimum Gasteiger partial charge on any atom is -0.324 e. The maximum atomic E-state index is 13.9. The van der Waals surface area contributed by atoms with Crippen molar-refractivity contribution in [2.75, 3.05) is 10.2 Å². The zero-order valence-corrected chi connectivity index (χ0v) is 26.1. The molecule has 3 amide bonds. The van der Waals surface area contributed by atoms with Gasteiger partial charge in [-0.25, -0.2) is 4.90 Å². The van der Waals surface area contributed by atoms with Crippen molar-refractivity contribution in [3.63, 3.8) is 0 Å². The minimum atomic E-state index is -0.794. The summed E-state index contributed by atoms with van der Waals surface area (Å²) in [6, 6.07) is 18.7. The SMILES string of the molecule is O=C(Cn1c2c(sc1=O)C(c1ccc(Br)cc1)C1C(=O)N(c3ccc(Cl)cc3)C(=O)C1S2)Nc1ccc(Cl)c(Cl)c1. The first-order valence-electron chi connectivity index (χ1n) is 12.2. The molecule has 41 heavy (non-hydrogen) atoms. The second-order valence-electron chi connectivity index (χ2n) is 9.38. The van der Waals surface area contributed by atoms with E-state index in [9.17, 15) is 19.2 Å². The van der Waals surface area contributed by atoms with Gasteiger partial charge in [-0.2, -0.15) is 0 Å². The topological polar surface area (TPSA) is 88.5 Å². The van der Waals surface area contributed by atoms with E-state index in [4.69, 9.17) is 34.8 Å². The zero-order chi connectivity index (χ0) is 29.0. The van der Waals surface area contributed by atoms with Crippen molar-refractivity contribution < 1.29 is 14.4 Å². The van der Waals surface area contributed by atoms with E-state index in [0.717, 1.165) is 33.1 Å². The smallest absolute Gasteiger partial charge is 0.308 e. The summed E-state index contributed by atoms with van der Waals surface area (Å²) in [6.07, 6.45) is 0. The lowest BCUT2D eigenvalue weighted by Gasteiger charge is -2.30. The molecule has 2 aliphatic heterocycles. The molecule has 0 aliphatic carbocycles. The highest BCUT2D eigenvalue weighted by molar-refractivity contribution is 9.10. The standard InChI is InChI=1S/C28H17BrCl3N3O4S2/c29-14-3-1-13(2-4-14)21-22-23(26(38)35(25(22)37)17-8-5-15(30)6-9-17)40-27-24(21)41-28(39)34(27)12-20(36)33-16-7-10-18(31)19(32)11-16/h1-11,21-23H,12H2,(H,33,36). The maximum absolute atomic E-state index is 13.9. The van der Waals surface area contributed by atoms with Crippen molar-refractivity contribution >= 4 is 103 Å².